The number of ether oxygens (including phenoxy) is 3. The topological polar surface area (TPSA) is 149 Å². The number of fused-ring (bicyclic) bond motifs is 1. The van der Waals surface area contributed by atoms with Gasteiger partial charge in [0.05, 0.1) is 36.4 Å². The van der Waals surface area contributed by atoms with Crippen LogP contribution in [0.1, 0.15) is 6.92 Å². The first-order chi connectivity index (χ1) is 11.8. The van der Waals surface area contributed by atoms with Crippen molar-refractivity contribution in [3.63, 3.8) is 0 Å². The summed E-state index contributed by atoms with van der Waals surface area (Å²) >= 11 is 6.05. The second-order valence-corrected chi connectivity index (χ2v) is 7.23. The average Bonchev–Trinajstić information content (AvgIpc) is 2.83. The quantitative estimate of drug-likeness (QED) is 0.295. The van der Waals surface area contributed by atoms with Crippen LogP contribution in [0.3, 0.4) is 0 Å². The average molecular weight is 383 g/mol. The van der Waals surface area contributed by atoms with Crippen LogP contribution in [0.25, 0.3) is 0 Å². The monoisotopic (exact) mass is 382 g/mol. The molecule has 1 saturated heterocycles. The lowest BCUT2D eigenvalue weighted by atomic mass is 9.86. The predicted molar refractivity (Wildman–Crippen MR) is 82.1 cm³/mol. The summed E-state index contributed by atoms with van der Waals surface area (Å²) < 4.78 is 16.3. The first kappa shape index (κ1) is 19.3. The van der Waals surface area contributed by atoms with Gasteiger partial charge in [-0.3, -0.25) is 0 Å². The van der Waals surface area contributed by atoms with Crippen molar-refractivity contribution in [3.05, 3.63) is 11.8 Å². The number of hydrogen-bond donors (Lipinski definition) is 6. The molecular formula is C15H23ClO9. The van der Waals surface area contributed by atoms with Gasteiger partial charge in [0.2, 0.25) is 6.29 Å². The maximum Gasteiger partial charge on any atom is 0.207 e. The molecule has 3 aliphatic rings. The molecule has 11 atom stereocenters. The Bertz CT molecular complexity index is 515. The predicted octanol–water partition coefficient (Wildman–Crippen LogP) is -2.36. The summed E-state index contributed by atoms with van der Waals surface area (Å²) in [6.45, 7) is 1.14. The molecule has 0 bridgehead atoms. The van der Waals surface area contributed by atoms with E-state index in [-0.39, 0.29) is 0 Å². The standard InChI is InChI=1S/C15H23ClO9/c1-4-3-23-14(7-6(4)10(19)8(16)11(7)20)25-15-13(22)12(21)9(18)5(2-17)24-15/h3,5-15,17-22H,2H2,1H3. The van der Waals surface area contributed by atoms with E-state index >= 15 is 0 Å². The third kappa shape index (κ3) is 3.18. The molecule has 10 heteroatoms. The first-order valence-electron chi connectivity index (χ1n) is 8.06. The van der Waals surface area contributed by atoms with E-state index in [2.05, 4.69) is 0 Å². The second kappa shape index (κ2) is 7.26. The highest BCUT2D eigenvalue weighted by Gasteiger charge is 2.56. The van der Waals surface area contributed by atoms with Gasteiger partial charge in [-0.1, -0.05) is 0 Å². The van der Waals surface area contributed by atoms with E-state index in [1.165, 1.54) is 6.26 Å². The fraction of sp³-hybridized carbons (Fsp3) is 0.867. The van der Waals surface area contributed by atoms with Crippen molar-refractivity contribution < 1.29 is 44.8 Å². The fourth-order valence-electron chi connectivity index (χ4n) is 3.73. The maximum absolute atomic E-state index is 10.3. The Morgan fingerprint density at radius 2 is 1.68 bits per heavy atom. The van der Waals surface area contributed by atoms with Crippen molar-refractivity contribution >= 4 is 11.6 Å². The SMILES string of the molecule is CC1=COC(OC2OC(CO)C(O)C(O)C2O)C2C(O)C(Cl)C(O)C12. The molecule has 6 N–H and O–H groups in total. The van der Waals surface area contributed by atoms with Crippen LogP contribution in [0.5, 0.6) is 0 Å². The van der Waals surface area contributed by atoms with E-state index in [1.54, 1.807) is 6.92 Å². The molecule has 0 aromatic rings. The molecule has 144 valence electrons. The van der Waals surface area contributed by atoms with Crippen LogP contribution in [0, 0.1) is 11.8 Å². The van der Waals surface area contributed by atoms with E-state index in [4.69, 9.17) is 25.8 Å². The first-order valence-corrected chi connectivity index (χ1v) is 8.50. The largest absolute Gasteiger partial charge is 0.472 e. The number of rotatable bonds is 3. The van der Waals surface area contributed by atoms with E-state index in [1.807, 2.05) is 0 Å². The molecule has 0 amide bonds. The molecule has 9 nitrogen and oxygen atoms in total. The molecular weight excluding hydrogens is 360 g/mol. The minimum absolute atomic E-state index is 0.499. The molecule has 11 unspecified atom stereocenters. The summed E-state index contributed by atoms with van der Waals surface area (Å²) in [6.07, 6.45) is -9.08. The molecule has 3 rings (SSSR count). The van der Waals surface area contributed by atoms with E-state index in [0.29, 0.717) is 5.57 Å². The summed E-state index contributed by atoms with van der Waals surface area (Å²) in [6, 6.07) is 0. The van der Waals surface area contributed by atoms with Gasteiger partial charge in [-0.25, -0.2) is 0 Å². The van der Waals surface area contributed by atoms with E-state index < -0.39 is 73.0 Å². The van der Waals surface area contributed by atoms with E-state index in [0.717, 1.165) is 0 Å². The zero-order valence-electron chi connectivity index (χ0n) is 13.4. The Hall–Kier alpha value is -0.490. The maximum atomic E-state index is 10.3. The molecule has 1 aliphatic carbocycles. The third-order valence-electron chi connectivity index (χ3n) is 5.17. The van der Waals surface area contributed by atoms with Gasteiger partial charge in [-0.15, -0.1) is 11.6 Å². The summed E-state index contributed by atoms with van der Waals surface area (Å²) in [7, 11) is 0. The second-order valence-electron chi connectivity index (χ2n) is 6.73. The van der Waals surface area contributed by atoms with Crippen LogP contribution in [0.15, 0.2) is 11.8 Å². The molecule has 0 aromatic carbocycles. The van der Waals surface area contributed by atoms with Gasteiger partial charge >= 0.3 is 0 Å². The van der Waals surface area contributed by atoms with Crippen LogP contribution in [0.4, 0.5) is 0 Å². The van der Waals surface area contributed by atoms with Crippen LogP contribution < -0.4 is 0 Å². The number of hydrogen-bond acceptors (Lipinski definition) is 9. The lowest BCUT2D eigenvalue weighted by molar-refractivity contribution is -0.343. The number of aliphatic hydroxyl groups excluding tert-OH is 6. The summed E-state index contributed by atoms with van der Waals surface area (Å²) in [5.41, 5.74) is 0.688. The van der Waals surface area contributed by atoms with Crippen LogP contribution in [-0.4, -0.2) is 91.8 Å². The zero-order valence-corrected chi connectivity index (χ0v) is 14.2. The highest BCUT2D eigenvalue weighted by molar-refractivity contribution is 6.21. The molecule has 2 fully saturated rings. The number of aliphatic hydroxyl groups is 6. The number of halogens is 1. The fourth-order valence-corrected chi connectivity index (χ4v) is 4.06. The van der Waals surface area contributed by atoms with Gasteiger partial charge in [0, 0.05) is 5.92 Å². The van der Waals surface area contributed by atoms with Crippen LogP contribution in [0.2, 0.25) is 0 Å². The minimum atomic E-state index is -1.60. The summed E-state index contributed by atoms with van der Waals surface area (Å²) in [4.78, 5) is 0. The normalized spacial score (nSPS) is 53.1. The van der Waals surface area contributed by atoms with Gasteiger partial charge in [-0.05, 0) is 12.5 Å². The molecule has 0 spiro atoms. The Labute approximate surface area is 149 Å². The highest BCUT2D eigenvalue weighted by atomic mass is 35.5. The Balaban J connectivity index is 1.78. The lowest BCUT2D eigenvalue weighted by Crippen LogP contribution is -2.60. The van der Waals surface area contributed by atoms with Gasteiger partial charge in [0.25, 0.3) is 0 Å². The molecule has 2 aliphatic heterocycles. The highest BCUT2D eigenvalue weighted by Crippen LogP contribution is 2.46. The van der Waals surface area contributed by atoms with Gasteiger partial charge < -0.3 is 44.8 Å². The van der Waals surface area contributed by atoms with Crippen molar-refractivity contribution in [1.82, 2.24) is 0 Å². The van der Waals surface area contributed by atoms with Crippen LogP contribution >= 0.6 is 11.6 Å². The lowest BCUT2D eigenvalue weighted by Gasteiger charge is -2.43. The molecule has 1 saturated carbocycles. The smallest absolute Gasteiger partial charge is 0.207 e. The molecule has 2 heterocycles. The van der Waals surface area contributed by atoms with Crippen molar-refractivity contribution in [2.75, 3.05) is 6.61 Å². The van der Waals surface area contributed by atoms with Crippen molar-refractivity contribution in [2.45, 2.75) is 61.5 Å². The minimum Gasteiger partial charge on any atom is -0.472 e. The Kier molecular flexibility index (Phi) is 5.60. The molecule has 25 heavy (non-hydrogen) atoms. The van der Waals surface area contributed by atoms with Crippen molar-refractivity contribution in [3.8, 4) is 0 Å². The molecule has 0 aromatic heterocycles. The third-order valence-corrected chi connectivity index (χ3v) is 5.69. The van der Waals surface area contributed by atoms with Gasteiger partial charge in [0.15, 0.2) is 6.29 Å². The van der Waals surface area contributed by atoms with Gasteiger partial charge in [-0.2, -0.15) is 0 Å². The summed E-state index contributed by atoms with van der Waals surface area (Å²) in [5, 5.41) is 58.6. The van der Waals surface area contributed by atoms with Gasteiger partial charge in [0.1, 0.15) is 24.4 Å². The Morgan fingerprint density at radius 3 is 2.32 bits per heavy atom. The van der Waals surface area contributed by atoms with Crippen molar-refractivity contribution in [1.29, 1.82) is 0 Å². The Morgan fingerprint density at radius 1 is 1.00 bits per heavy atom. The zero-order chi connectivity index (χ0) is 18.5. The summed E-state index contributed by atoms with van der Waals surface area (Å²) in [5.74, 6) is -1.21. The van der Waals surface area contributed by atoms with E-state index in [9.17, 15) is 30.6 Å². The van der Waals surface area contributed by atoms with Crippen LogP contribution in [-0.2, 0) is 14.2 Å². The van der Waals surface area contributed by atoms with Crippen molar-refractivity contribution in [2.24, 2.45) is 11.8 Å². The molecule has 0 radical (unpaired) electrons. The number of alkyl halides is 1.